The minimum absolute atomic E-state index is 0.0705. The van der Waals surface area contributed by atoms with Crippen molar-refractivity contribution in [3.63, 3.8) is 0 Å². The molecule has 1 fully saturated rings. The molecule has 2 aromatic heterocycles. The zero-order valence-corrected chi connectivity index (χ0v) is 16.2. The van der Waals surface area contributed by atoms with Crippen molar-refractivity contribution in [2.24, 2.45) is 13.0 Å². The van der Waals surface area contributed by atoms with Gasteiger partial charge in [0, 0.05) is 50.8 Å². The van der Waals surface area contributed by atoms with Crippen LogP contribution >= 0.6 is 0 Å². The van der Waals surface area contributed by atoms with Gasteiger partial charge in [-0.25, -0.2) is 4.98 Å². The van der Waals surface area contributed by atoms with Crippen molar-refractivity contribution in [1.82, 2.24) is 25.4 Å². The lowest BCUT2D eigenvalue weighted by Gasteiger charge is -2.16. The number of nitrogens with zero attached hydrogens (tertiary/aromatic N) is 3. The maximum atomic E-state index is 12.7. The van der Waals surface area contributed by atoms with E-state index < -0.39 is 0 Å². The Morgan fingerprint density at radius 1 is 1.32 bits per heavy atom. The second kappa shape index (κ2) is 7.98. The molecule has 0 radical (unpaired) electrons. The van der Waals surface area contributed by atoms with Crippen LogP contribution in [0.15, 0.2) is 47.3 Å². The summed E-state index contributed by atoms with van der Waals surface area (Å²) in [5.74, 6) is 0.762. The summed E-state index contributed by atoms with van der Waals surface area (Å²) in [7, 11) is 1.89. The number of benzene rings is 1. The lowest BCUT2D eigenvalue weighted by Crippen LogP contribution is -2.35. The van der Waals surface area contributed by atoms with Crippen LogP contribution < -0.4 is 10.6 Å². The summed E-state index contributed by atoms with van der Waals surface area (Å²) in [5, 5.41) is 10.6. The molecule has 7 nitrogen and oxygen atoms in total. The first-order valence-corrected chi connectivity index (χ1v) is 9.58. The van der Waals surface area contributed by atoms with Crippen LogP contribution in [0.3, 0.4) is 0 Å². The fourth-order valence-corrected chi connectivity index (χ4v) is 3.63. The molecular formula is C21H25N5O2. The number of nitrogens with one attached hydrogen (secondary N) is 2. The highest BCUT2D eigenvalue weighted by molar-refractivity contribution is 5.80. The first-order chi connectivity index (χ1) is 13.6. The molecule has 2 N–H and O–H groups in total. The van der Waals surface area contributed by atoms with Crippen LogP contribution in [0.5, 0.6) is 0 Å². The normalized spacial score (nSPS) is 19.1. The number of aromatic nitrogens is 3. The fourth-order valence-electron chi connectivity index (χ4n) is 3.63. The Bertz CT molecular complexity index is 944. The predicted molar refractivity (Wildman–Crippen MR) is 106 cm³/mol. The van der Waals surface area contributed by atoms with Gasteiger partial charge in [0.05, 0.1) is 17.8 Å². The van der Waals surface area contributed by atoms with Crippen LogP contribution in [-0.2, 0) is 18.3 Å². The van der Waals surface area contributed by atoms with Crippen molar-refractivity contribution in [2.75, 3.05) is 19.6 Å². The molecule has 1 aromatic carbocycles. The summed E-state index contributed by atoms with van der Waals surface area (Å²) in [5.41, 5.74) is 4.09. The van der Waals surface area contributed by atoms with Gasteiger partial charge in [-0.15, -0.1) is 0 Å². The molecular weight excluding hydrogens is 354 g/mol. The summed E-state index contributed by atoms with van der Waals surface area (Å²) >= 11 is 0. The highest BCUT2D eigenvalue weighted by atomic mass is 16.3. The lowest BCUT2D eigenvalue weighted by molar-refractivity contribution is -0.124. The zero-order valence-electron chi connectivity index (χ0n) is 16.2. The highest BCUT2D eigenvalue weighted by Gasteiger charge is 2.34. The van der Waals surface area contributed by atoms with E-state index in [9.17, 15) is 4.79 Å². The second-order valence-corrected chi connectivity index (χ2v) is 7.37. The van der Waals surface area contributed by atoms with E-state index >= 15 is 0 Å². The Balaban J connectivity index is 1.31. The molecule has 1 amide bonds. The van der Waals surface area contributed by atoms with Gasteiger partial charge in [-0.1, -0.05) is 17.7 Å². The van der Waals surface area contributed by atoms with Crippen molar-refractivity contribution in [3.05, 3.63) is 59.7 Å². The molecule has 0 bridgehead atoms. The van der Waals surface area contributed by atoms with E-state index in [1.807, 2.05) is 50.6 Å². The van der Waals surface area contributed by atoms with E-state index in [-0.39, 0.29) is 17.7 Å². The lowest BCUT2D eigenvalue weighted by atomic mass is 9.90. The molecule has 3 heterocycles. The SMILES string of the molecule is Cc1ccc(-c2nc(CCNC(=O)[C@H]3CNC[C@@H]3c3cnn(C)c3)co2)cc1. The molecule has 0 aliphatic carbocycles. The van der Waals surface area contributed by atoms with Crippen molar-refractivity contribution in [3.8, 4) is 11.5 Å². The van der Waals surface area contributed by atoms with Gasteiger partial charge in [-0.05, 0) is 24.6 Å². The molecule has 0 unspecified atom stereocenters. The Hall–Kier alpha value is -2.93. The average molecular weight is 379 g/mol. The van der Waals surface area contributed by atoms with E-state index in [4.69, 9.17) is 4.42 Å². The minimum Gasteiger partial charge on any atom is -0.444 e. The average Bonchev–Trinajstić information content (AvgIpc) is 3.42. The van der Waals surface area contributed by atoms with E-state index in [2.05, 4.69) is 20.7 Å². The Labute approximate surface area is 164 Å². The van der Waals surface area contributed by atoms with Crippen LogP contribution in [0.25, 0.3) is 11.5 Å². The molecule has 7 heteroatoms. The van der Waals surface area contributed by atoms with E-state index in [0.717, 1.165) is 23.4 Å². The molecule has 1 aliphatic rings. The summed E-state index contributed by atoms with van der Waals surface area (Å²) in [6.45, 7) is 4.07. The van der Waals surface area contributed by atoms with E-state index in [1.54, 1.807) is 10.9 Å². The number of rotatable bonds is 6. The van der Waals surface area contributed by atoms with Gasteiger partial charge in [0.1, 0.15) is 6.26 Å². The Kier molecular flexibility index (Phi) is 5.25. The highest BCUT2D eigenvalue weighted by Crippen LogP contribution is 2.27. The first-order valence-electron chi connectivity index (χ1n) is 9.58. The Morgan fingerprint density at radius 3 is 2.89 bits per heavy atom. The quantitative estimate of drug-likeness (QED) is 0.685. The molecule has 146 valence electrons. The van der Waals surface area contributed by atoms with Crippen molar-refractivity contribution in [1.29, 1.82) is 0 Å². The van der Waals surface area contributed by atoms with Gasteiger partial charge in [-0.2, -0.15) is 5.10 Å². The topological polar surface area (TPSA) is 85.0 Å². The van der Waals surface area contributed by atoms with Gasteiger partial charge >= 0.3 is 0 Å². The third kappa shape index (κ3) is 3.99. The van der Waals surface area contributed by atoms with Crippen molar-refractivity contribution < 1.29 is 9.21 Å². The van der Waals surface area contributed by atoms with Gasteiger partial charge < -0.3 is 15.1 Å². The van der Waals surface area contributed by atoms with Crippen LogP contribution in [-0.4, -0.2) is 40.3 Å². The molecule has 4 rings (SSSR count). The van der Waals surface area contributed by atoms with Gasteiger partial charge in [0.15, 0.2) is 0 Å². The number of hydrogen-bond acceptors (Lipinski definition) is 5. The third-order valence-electron chi connectivity index (χ3n) is 5.23. The summed E-state index contributed by atoms with van der Waals surface area (Å²) in [6, 6.07) is 8.07. The number of hydrogen-bond donors (Lipinski definition) is 2. The van der Waals surface area contributed by atoms with Gasteiger partial charge in [0.2, 0.25) is 11.8 Å². The predicted octanol–water partition coefficient (Wildman–Crippen LogP) is 2.05. The maximum Gasteiger partial charge on any atom is 0.226 e. The molecule has 1 aliphatic heterocycles. The van der Waals surface area contributed by atoms with Gasteiger partial charge in [0.25, 0.3) is 0 Å². The molecule has 0 saturated carbocycles. The second-order valence-electron chi connectivity index (χ2n) is 7.37. The van der Waals surface area contributed by atoms with E-state index in [1.165, 1.54) is 5.56 Å². The zero-order chi connectivity index (χ0) is 19.5. The fraction of sp³-hybridized carbons (Fsp3) is 0.381. The number of carbonyl (C=O) groups is 1. The van der Waals surface area contributed by atoms with Gasteiger partial charge in [-0.3, -0.25) is 9.48 Å². The van der Waals surface area contributed by atoms with Crippen molar-refractivity contribution in [2.45, 2.75) is 19.3 Å². The van der Waals surface area contributed by atoms with E-state index in [0.29, 0.717) is 25.4 Å². The number of carbonyl (C=O) groups excluding carboxylic acids is 1. The first kappa shape index (κ1) is 18.4. The summed E-state index contributed by atoms with van der Waals surface area (Å²) in [6.07, 6.45) is 6.13. The summed E-state index contributed by atoms with van der Waals surface area (Å²) < 4.78 is 7.36. The number of amides is 1. The van der Waals surface area contributed by atoms with Crippen LogP contribution in [0.1, 0.15) is 22.7 Å². The third-order valence-corrected chi connectivity index (χ3v) is 5.23. The Morgan fingerprint density at radius 2 is 2.14 bits per heavy atom. The molecule has 1 saturated heterocycles. The molecule has 2 atom stereocenters. The number of oxazole rings is 1. The monoisotopic (exact) mass is 379 g/mol. The smallest absolute Gasteiger partial charge is 0.226 e. The van der Waals surface area contributed by atoms with Crippen molar-refractivity contribution >= 4 is 5.91 Å². The standard InChI is InChI=1S/C21H25N5O2/c1-14-3-5-15(6-4-14)21-25-17(13-28-21)7-8-23-20(27)19-11-22-10-18(19)16-9-24-26(2)12-16/h3-6,9,12-13,18-19,22H,7-8,10-11H2,1-2H3,(H,23,27)/t18-,19+/m1/s1. The van der Waals surface area contributed by atoms with Crippen LogP contribution in [0, 0.1) is 12.8 Å². The summed E-state index contributed by atoms with van der Waals surface area (Å²) in [4.78, 5) is 17.2. The number of aryl methyl sites for hydroxylation is 2. The largest absolute Gasteiger partial charge is 0.444 e. The minimum atomic E-state index is -0.0790. The molecule has 28 heavy (non-hydrogen) atoms. The van der Waals surface area contributed by atoms with Crippen LogP contribution in [0.4, 0.5) is 0 Å². The van der Waals surface area contributed by atoms with Crippen LogP contribution in [0.2, 0.25) is 0 Å². The maximum absolute atomic E-state index is 12.7. The molecule has 0 spiro atoms. The molecule has 3 aromatic rings.